The molecule has 5 aromatic carbocycles. The summed E-state index contributed by atoms with van der Waals surface area (Å²) in [5.41, 5.74) is -4.02. The summed E-state index contributed by atoms with van der Waals surface area (Å²) in [4.78, 5) is 134. The second kappa shape index (κ2) is 38.1. The molecule has 0 bridgehead atoms. The average Bonchev–Trinajstić information content (AvgIpc) is 0.741. The van der Waals surface area contributed by atoms with Crippen LogP contribution in [0.1, 0.15) is 92.5 Å². The van der Waals surface area contributed by atoms with Crippen molar-refractivity contribution >= 4 is 113 Å². The van der Waals surface area contributed by atoms with Crippen LogP contribution in [0.5, 0.6) is 5.75 Å². The Labute approximate surface area is 702 Å². The van der Waals surface area contributed by atoms with Crippen LogP contribution in [0.2, 0.25) is 0 Å². The van der Waals surface area contributed by atoms with E-state index in [1.807, 2.05) is 68.4 Å². The van der Waals surface area contributed by atoms with Crippen LogP contribution in [0, 0.1) is 40.7 Å². The molecule has 0 amide bonds. The minimum atomic E-state index is -1.53. The van der Waals surface area contributed by atoms with E-state index in [0.717, 1.165) is 80.5 Å². The van der Waals surface area contributed by atoms with E-state index < -0.39 is 121 Å². The van der Waals surface area contributed by atoms with Gasteiger partial charge in [-0.3, -0.25) is 24.0 Å². The molecule has 0 radical (unpaired) electrons. The number of anilines is 5. The molecule has 1 unspecified atom stereocenters. The predicted molar refractivity (Wildman–Crippen MR) is 453 cm³/mol. The van der Waals surface area contributed by atoms with Crippen molar-refractivity contribution in [3.8, 4) is 5.75 Å². The summed E-state index contributed by atoms with van der Waals surface area (Å²) in [6.45, 7) is 21.9. The van der Waals surface area contributed by atoms with Crippen LogP contribution in [0.4, 0.5) is 63.6 Å². The predicted octanol–water partition coefficient (Wildman–Crippen LogP) is 7.92. The zero-order valence-corrected chi connectivity index (χ0v) is 69.3. The highest BCUT2D eigenvalue weighted by Crippen LogP contribution is 2.43. The zero-order valence-electron chi connectivity index (χ0n) is 69.3. The molecule has 662 valence electrons. The molecule has 5 aromatic heterocycles. The number of ether oxygens (including phenoxy) is 1. The molecule has 2 atom stereocenters. The summed E-state index contributed by atoms with van der Waals surface area (Å²) >= 11 is 0. The van der Waals surface area contributed by atoms with Crippen molar-refractivity contribution < 1.29 is 89.4 Å². The highest BCUT2D eigenvalue weighted by Gasteiger charge is 2.34. The number of halogens is 8. The van der Waals surface area contributed by atoms with E-state index in [2.05, 4.69) is 20.4 Å². The molecule has 5 fully saturated rings. The molecule has 5 saturated heterocycles. The van der Waals surface area contributed by atoms with Crippen molar-refractivity contribution in [3.05, 3.63) is 193 Å². The van der Waals surface area contributed by atoms with E-state index >= 15 is 8.78 Å². The molecule has 7 N–H and O–H groups in total. The topological polar surface area (TPSA) is 356 Å². The van der Waals surface area contributed by atoms with Crippen molar-refractivity contribution in [2.75, 3.05) is 183 Å². The number of carboxylic acid groups (broad SMARTS) is 5. The van der Waals surface area contributed by atoms with Gasteiger partial charge in [0, 0.05) is 192 Å². The van der Waals surface area contributed by atoms with Crippen LogP contribution < -0.4 is 67.0 Å². The molecule has 0 aliphatic carbocycles. The Hall–Kier alpha value is -12.5. The number of carbonyl (C=O) groups is 5. The SMILES string of the molecule is CCn1cc(C(=O)O)c(=O)c2cc(F)c(N3CCN(C)CC3)cc21.CCn1cc(C(=O)O)c(=O)c2cc(F)c(N3CCNC(C)C3)c(F)c21.CCn1cc(C(=O)O)c(=O)c2cc(F)c(N3CCNCC3)cc21.CN1CCN(c2c(F)cc3c(=O)c(C(=O)O)cn(CCF)c3c2F)CC1.C[C@H]1COc2c(N3CCN(C)CC3)c(F)cc3c(=O)c(C(=O)O)cn1c23. The van der Waals surface area contributed by atoms with E-state index in [1.54, 1.807) is 42.6 Å². The molecule has 39 heteroatoms. The van der Waals surface area contributed by atoms with Gasteiger partial charge in [-0.2, -0.15) is 0 Å². The Morgan fingerprint density at radius 1 is 0.403 bits per heavy atom. The first kappa shape index (κ1) is 90.8. The number of hydrogen-bond acceptors (Lipinski definition) is 21. The molecule has 124 heavy (non-hydrogen) atoms. The van der Waals surface area contributed by atoms with Crippen molar-refractivity contribution in [1.82, 2.24) is 48.2 Å². The maximum absolute atomic E-state index is 15.2. The minimum Gasteiger partial charge on any atom is -0.487 e. The molecule has 0 saturated carbocycles. The van der Waals surface area contributed by atoms with E-state index in [-0.39, 0.29) is 92.4 Å². The molecule has 31 nitrogen and oxygen atoms in total. The van der Waals surface area contributed by atoms with Gasteiger partial charge in [0.05, 0.1) is 67.7 Å². The van der Waals surface area contributed by atoms with Gasteiger partial charge in [0.1, 0.15) is 81.4 Å². The lowest BCUT2D eigenvalue weighted by molar-refractivity contribution is 0.0683. The fraction of sp³-hybridized carbons (Fsp3) is 0.412. The number of rotatable bonds is 15. The van der Waals surface area contributed by atoms with Gasteiger partial charge in [-0.15, -0.1) is 0 Å². The summed E-state index contributed by atoms with van der Waals surface area (Å²) in [6.07, 6.45) is 6.01. The van der Waals surface area contributed by atoms with Gasteiger partial charge in [0.25, 0.3) is 0 Å². The summed E-state index contributed by atoms with van der Waals surface area (Å²) in [6, 6.07) is 8.49. The molecule has 0 spiro atoms. The highest BCUT2D eigenvalue weighted by molar-refractivity contribution is 5.99. The van der Waals surface area contributed by atoms with Gasteiger partial charge in [-0.1, -0.05) is 0 Å². The number of aromatic nitrogens is 5. The summed E-state index contributed by atoms with van der Waals surface area (Å²) in [5, 5.41) is 51.9. The number of benzene rings is 5. The van der Waals surface area contributed by atoms with Gasteiger partial charge in [-0.25, -0.2) is 59.1 Å². The van der Waals surface area contributed by atoms with Crippen molar-refractivity contribution in [1.29, 1.82) is 0 Å². The Balaban J connectivity index is 0.000000141. The van der Waals surface area contributed by atoms with Gasteiger partial charge in [0.15, 0.2) is 23.2 Å². The third-order valence-corrected chi connectivity index (χ3v) is 23.0. The second-order valence-electron chi connectivity index (χ2n) is 31.0. The number of piperazine rings is 5. The highest BCUT2D eigenvalue weighted by atomic mass is 19.2. The Morgan fingerprint density at radius 2 is 0.742 bits per heavy atom. The smallest absolute Gasteiger partial charge is 0.341 e. The van der Waals surface area contributed by atoms with Gasteiger partial charge in [-0.05, 0) is 98.2 Å². The monoisotopic (exact) mass is 1730 g/mol. The zero-order chi connectivity index (χ0) is 89.9. The first-order chi connectivity index (χ1) is 59.0. The fourth-order valence-corrected chi connectivity index (χ4v) is 16.3. The third-order valence-electron chi connectivity index (χ3n) is 23.0. The molecule has 11 heterocycles. The van der Waals surface area contributed by atoms with Crippen molar-refractivity contribution in [2.45, 2.75) is 72.9 Å². The lowest BCUT2D eigenvalue weighted by Crippen LogP contribution is -2.49. The summed E-state index contributed by atoms with van der Waals surface area (Å²) < 4.78 is 130. The normalized spacial score (nSPS) is 17.0. The second-order valence-corrected chi connectivity index (χ2v) is 31.0. The summed E-state index contributed by atoms with van der Waals surface area (Å²) in [7, 11) is 5.94. The number of nitrogens with zero attached hydrogens (tertiary/aromatic N) is 13. The van der Waals surface area contributed by atoms with Crippen molar-refractivity contribution in [2.24, 2.45) is 0 Å². The van der Waals surface area contributed by atoms with Crippen LogP contribution in [0.3, 0.4) is 0 Å². The van der Waals surface area contributed by atoms with Crippen LogP contribution in [0.15, 0.2) is 97.4 Å². The Kier molecular flexibility index (Phi) is 27.9. The van der Waals surface area contributed by atoms with E-state index in [0.29, 0.717) is 138 Å². The maximum atomic E-state index is 15.2. The van der Waals surface area contributed by atoms with E-state index in [4.69, 9.17) is 20.1 Å². The summed E-state index contributed by atoms with van der Waals surface area (Å²) in [5.74, 6) is -11.7. The number of likely N-dealkylation sites (N-methyl/N-ethyl adjacent to an activating group) is 3. The molecule has 6 aliphatic rings. The number of alkyl halides is 1. The number of pyridine rings is 5. The first-order valence-corrected chi connectivity index (χ1v) is 40.4. The molecular weight excluding hydrogens is 1640 g/mol. The fourth-order valence-electron chi connectivity index (χ4n) is 16.3. The van der Waals surface area contributed by atoms with Gasteiger partial charge >= 0.3 is 29.8 Å². The van der Waals surface area contributed by atoms with Gasteiger partial charge < -0.3 is 103 Å². The van der Waals surface area contributed by atoms with Gasteiger partial charge in [0.2, 0.25) is 27.1 Å². The lowest BCUT2D eigenvalue weighted by Gasteiger charge is -2.37. The molecular formula is C85H95F8N15O16. The lowest BCUT2D eigenvalue weighted by atomic mass is 10.1. The Morgan fingerprint density at radius 3 is 1.15 bits per heavy atom. The number of aryl methyl sites for hydroxylation is 4. The van der Waals surface area contributed by atoms with Crippen molar-refractivity contribution in [3.63, 3.8) is 0 Å². The van der Waals surface area contributed by atoms with Crippen LogP contribution in [-0.4, -0.2) is 258 Å². The van der Waals surface area contributed by atoms with Crippen LogP contribution >= 0.6 is 0 Å². The number of nitrogens with one attached hydrogen (secondary N) is 2. The number of aromatic carboxylic acids is 5. The Bertz CT molecular complexity index is 6190. The molecule has 16 rings (SSSR count). The maximum Gasteiger partial charge on any atom is 0.341 e. The quantitative estimate of drug-likeness (QED) is 0.0479. The number of carboxylic acids is 5. The minimum absolute atomic E-state index is 0.0434. The van der Waals surface area contributed by atoms with E-state index in [1.165, 1.54) is 29.2 Å². The average molecular weight is 1730 g/mol. The van der Waals surface area contributed by atoms with Crippen LogP contribution in [0.25, 0.3) is 54.5 Å². The van der Waals surface area contributed by atoms with E-state index in [9.17, 15) is 84.5 Å². The standard InChI is InChI=1S/C18H20FN3O4.C17H18F3N3O3.C17H19F2N3O3.C17H20FN3O3.C16H18FN3O3/c1-10-9-26-17-14-11(16(23)12(18(24)25)8-22(10)14)7-13(19)15(17)21-5-3-20(2)4-6-21;1-21-4-6-22(7-5-21)15-12(19)8-10-14(13(15)20)23(3-2-18)9-11(16(10)24)17(25)26;1-3-21-8-11(17(24)25)16(23)10-6-12(18)15(13(19)14(10)21)22-5-4-20-9(2)7-22;1-3-20-10-12(17(23)24)16(22)11-8-13(18)15(9-14(11)20)21-6-4-19(2)5-7-21;1-2-19-9-11(16(22)23)15(21)10-7-12(17)14(8-13(10)19)20-5-3-18-4-6-20/h7-8,10H,3-6,9H2,1-2H3,(H,24,25);8-9H,2-7H2,1H3,(H,25,26);6,8-9,20H,3-5,7H2,1-2H3,(H,24,25);8-10H,3-7H2,1-2H3,(H,23,24);7-9,18H,2-6H2,1H3,(H,22,23)/t10-;;;;/m0..../s1. The van der Waals surface area contributed by atoms with Crippen LogP contribution in [-0.2, 0) is 26.2 Å². The number of fused-ring (bicyclic) bond motifs is 4. The first-order valence-electron chi connectivity index (χ1n) is 40.4. The molecule has 6 aliphatic heterocycles. The number of hydrogen-bond donors (Lipinski definition) is 7. The third kappa shape index (κ3) is 18.3. The largest absolute Gasteiger partial charge is 0.487 e. The molecule has 10 aromatic rings.